The second-order valence-electron chi connectivity index (χ2n) is 5.04. The van der Waals surface area contributed by atoms with E-state index >= 15 is 0 Å². The fourth-order valence-corrected chi connectivity index (χ4v) is 2.32. The lowest BCUT2D eigenvalue weighted by Crippen LogP contribution is -2.09. The zero-order valence-electron chi connectivity index (χ0n) is 13.4. The van der Waals surface area contributed by atoms with Gasteiger partial charge >= 0.3 is 5.97 Å². The van der Waals surface area contributed by atoms with Crippen LogP contribution in [0.4, 0.5) is 0 Å². The highest BCUT2D eigenvalue weighted by atomic mass is 16.5. The molecule has 0 atom stereocenters. The van der Waals surface area contributed by atoms with Gasteiger partial charge in [-0.05, 0) is 17.7 Å². The van der Waals surface area contributed by atoms with E-state index < -0.39 is 5.97 Å². The summed E-state index contributed by atoms with van der Waals surface area (Å²) in [4.78, 5) is 23.7. The van der Waals surface area contributed by atoms with Gasteiger partial charge in [-0.2, -0.15) is 0 Å². The molecule has 0 fully saturated rings. The summed E-state index contributed by atoms with van der Waals surface area (Å²) < 4.78 is 11.0. The molecule has 25 heavy (non-hydrogen) atoms. The monoisotopic (exact) mass is 337 g/mol. The molecule has 1 aromatic carbocycles. The molecular formula is C18H15N3O4. The Balaban J connectivity index is 2.06. The number of ether oxygens (including phenoxy) is 2. The number of hydrogen-bond acceptors (Lipinski definition) is 6. The molecule has 1 N–H and O–H groups in total. The fraction of sp³-hybridized carbons (Fsp3) is 0.111. The average Bonchev–Trinajstić information content (AvgIpc) is 2.66. The Morgan fingerprint density at radius 1 is 1.08 bits per heavy atom. The van der Waals surface area contributed by atoms with Crippen molar-refractivity contribution >= 4 is 5.97 Å². The third-order valence-corrected chi connectivity index (χ3v) is 3.45. The molecule has 7 heteroatoms. The number of rotatable bonds is 6. The minimum atomic E-state index is -1.20. The molecule has 0 saturated carbocycles. The number of carboxylic acids is 1. The number of hydrogen-bond donors (Lipinski definition) is 1. The van der Waals surface area contributed by atoms with Gasteiger partial charge in [-0.1, -0.05) is 30.3 Å². The van der Waals surface area contributed by atoms with Crippen LogP contribution in [0.1, 0.15) is 16.1 Å². The van der Waals surface area contributed by atoms with E-state index in [0.717, 1.165) is 5.56 Å². The first-order chi connectivity index (χ1) is 12.2. The summed E-state index contributed by atoms with van der Waals surface area (Å²) >= 11 is 0. The highest BCUT2D eigenvalue weighted by Gasteiger charge is 2.22. The van der Waals surface area contributed by atoms with Gasteiger partial charge in [0.25, 0.3) is 0 Å². The third kappa shape index (κ3) is 3.55. The molecule has 0 spiro atoms. The second-order valence-corrected chi connectivity index (χ2v) is 5.04. The van der Waals surface area contributed by atoms with Crippen LogP contribution in [0.15, 0.2) is 55.0 Å². The number of methoxy groups -OCH3 is 1. The zero-order valence-corrected chi connectivity index (χ0v) is 13.4. The van der Waals surface area contributed by atoms with Crippen LogP contribution in [0.3, 0.4) is 0 Å². The van der Waals surface area contributed by atoms with Crippen LogP contribution in [0.25, 0.3) is 11.3 Å². The maximum atomic E-state index is 11.6. The molecule has 0 unspecified atom stereocenters. The van der Waals surface area contributed by atoms with E-state index in [-0.39, 0.29) is 18.1 Å². The van der Waals surface area contributed by atoms with Gasteiger partial charge in [-0.25, -0.2) is 19.7 Å². The third-order valence-electron chi connectivity index (χ3n) is 3.45. The topological polar surface area (TPSA) is 94.4 Å². The maximum Gasteiger partial charge on any atom is 0.358 e. The lowest BCUT2D eigenvalue weighted by atomic mass is 10.1. The lowest BCUT2D eigenvalue weighted by molar-refractivity contribution is 0.0684. The van der Waals surface area contributed by atoms with E-state index in [9.17, 15) is 9.90 Å². The first-order valence-corrected chi connectivity index (χ1v) is 7.45. The van der Waals surface area contributed by atoms with Crippen LogP contribution in [-0.4, -0.2) is 33.1 Å². The van der Waals surface area contributed by atoms with E-state index in [4.69, 9.17) is 9.47 Å². The summed E-state index contributed by atoms with van der Waals surface area (Å²) in [6.07, 6.45) is 2.76. The summed E-state index contributed by atoms with van der Waals surface area (Å²) in [7, 11) is 1.48. The standard InChI is InChI=1S/C18H15N3O4/c1-24-17-13(8-5-9-19-17)14-16(15(18(22)23)21-11-20-14)25-10-12-6-3-2-4-7-12/h2-9,11H,10H2,1H3,(H,22,23). The van der Waals surface area contributed by atoms with Crippen LogP contribution in [0.2, 0.25) is 0 Å². The van der Waals surface area contributed by atoms with Crippen molar-refractivity contribution in [1.82, 2.24) is 15.0 Å². The first kappa shape index (κ1) is 16.4. The van der Waals surface area contributed by atoms with Gasteiger partial charge in [-0.15, -0.1) is 0 Å². The van der Waals surface area contributed by atoms with E-state index in [0.29, 0.717) is 17.1 Å². The molecule has 2 aromatic heterocycles. The van der Waals surface area contributed by atoms with E-state index in [1.54, 1.807) is 18.3 Å². The molecule has 7 nitrogen and oxygen atoms in total. The molecule has 0 amide bonds. The smallest absolute Gasteiger partial charge is 0.358 e. The quantitative estimate of drug-likeness (QED) is 0.739. The second kappa shape index (κ2) is 7.39. The summed E-state index contributed by atoms with van der Waals surface area (Å²) in [5.74, 6) is -0.804. The van der Waals surface area contributed by atoms with E-state index in [2.05, 4.69) is 15.0 Å². The molecule has 2 heterocycles. The van der Waals surface area contributed by atoms with Crippen LogP contribution in [0, 0.1) is 0 Å². The Morgan fingerprint density at radius 3 is 2.60 bits per heavy atom. The van der Waals surface area contributed by atoms with Crippen molar-refractivity contribution in [2.75, 3.05) is 7.11 Å². The Labute approximate surface area is 143 Å². The maximum absolute atomic E-state index is 11.6. The van der Waals surface area contributed by atoms with Crippen LogP contribution in [-0.2, 0) is 6.61 Å². The van der Waals surface area contributed by atoms with Gasteiger partial charge in [0.05, 0.1) is 12.7 Å². The fourth-order valence-electron chi connectivity index (χ4n) is 2.32. The number of carboxylic acid groups (broad SMARTS) is 1. The lowest BCUT2D eigenvalue weighted by Gasteiger charge is -2.14. The number of benzene rings is 1. The SMILES string of the molecule is COc1ncccc1-c1ncnc(C(=O)O)c1OCc1ccccc1. The number of aromatic carboxylic acids is 1. The van der Waals surface area contributed by atoms with Crippen molar-refractivity contribution in [1.29, 1.82) is 0 Å². The Morgan fingerprint density at radius 2 is 1.88 bits per heavy atom. The normalized spacial score (nSPS) is 10.3. The van der Waals surface area contributed by atoms with Gasteiger partial charge in [0.15, 0.2) is 11.4 Å². The van der Waals surface area contributed by atoms with Gasteiger partial charge in [0.1, 0.15) is 18.6 Å². The Kier molecular flexibility index (Phi) is 4.84. The Bertz CT molecular complexity index is 884. The Hall–Kier alpha value is -3.48. The van der Waals surface area contributed by atoms with Crippen LogP contribution < -0.4 is 9.47 Å². The summed E-state index contributed by atoms with van der Waals surface area (Å²) in [6.45, 7) is 0.185. The molecule has 0 aliphatic heterocycles. The predicted octanol–water partition coefficient (Wildman–Crippen LogP) is 2.82. The number of nitrogens with zero attached hydrogens (tertiary/aromatic N) is 3. The van der Waals surface area contributed by atoms with Gasteiger partial charge in [0.2, 0.25) is 5.88 Å². The summed E-state index contributed by atoms with van der Waals surface area (Å²) in [6, 6.07) is 12.9. The van der Waals surface area contributed by atoms with Crippen molar-refractivity contribution in [3.8, 4) is 22.9 Å². The van der Waals surface area contributed by atoms with Crippen molar-refractivity contribution in [2.45, 2.75) is 6.61 Å². The largest absolute Gasteiger partial charge is 0.484 e. The number of aromatic nitrogens is 3. The first-order valence-electron chi connectivity index (χ1n) is 7.45. The molecule has 126 valence electrons. The number of pyridine rings is 1. The molecule has 0 aliphatic carbocycles. The summed E-state index contributed by atoms with van der Waals surface area (Å²) in [5.41, 5.74) is 1.52. The van der Waals surface area contributed by atoms with E-state index in [1.165, 1.54) is 13.4 Å². The minimum Gasteiger partial charge on any atom is -0.484 e. The van der Waals surface area contributed by atoms with Crippen molar-refractivity contribution in [3.63, 3.8) is 0 Å². The number of carbonyl (C=O) groups is 1. The van der Waals surface area contributed by atoms with E-state index in [1.807, 2.05) is 30.3 Å². The zero-order chi connectivity index (χ0) is 17.6. The highest BCUT2D eigenvalue weighted by molar-refractivity contribution is 5.91. The van der Waals surface area contributed by atoms with Gasteiger partial charge in [0, 0.05) is 6.20 Å². The molecule has 3 aromatic rings. The molecular weight excluding hydrogens is 322 g/mol. The van der Waals surface area contributed by atoms with Gasteiger partial charge in [-0.3, -0.25) is 0 Å². The molecule has 0 radical (unpaired) electrons. The van der Waals surface area contributed by atoms with Crippen LogP contribution in [0.5, 0.6) is 11.6 Å². The van der Waals surface area contributed by atoms with Gasteiger partial charge < -0.3 is 14.6 Å². The predicted molar refractivity (Wildman–Crippen MR) is 89.5 cm³/mol. The minimum absolute atomic E-state index is 0.0742. The highest BCUT2D eigenvalue weighted by Crippen LogP contribution is 2.35. The molecule has 0 bridgehead atoms. The average molecular weight is 337 g/mol. The van der Waals surface area contributed by atoms with Crippen molar-refractivity contribution in [2.24, 2.45) is 0 Å². The molecule has 0 saturated heterocycles. The van der Waals surface area contributed by atoms with Crippen molar-refractivity contribution < 1.29 is 19.4 Å². The summed E-state index contributed by atoms with van der Waals surface area (Å²) in [5, 5.41) is 9.44. The van der Waals surface area contributed by atoms with Crippen molar-refractivity contribution in [3.05, 3.63) is 66.2 Å². The van der Waals surface area contributed by atoms with Crippen LogP contribution >= 0.6 is 0 Å². The molecule has 3 rings (SSSR count). The molecule has 0 aliphatic rings.